The summed E-state index contributed by atoms with van der Waals surface area (Å²) in [6, 6.07) is 5.93. The van der Waals surface area contributed by atoms with Crippen LogP contribution in [0.25, 0.3) is 16.5 Å². The number of hydrogen-bond acceptors (Lipinski definition) is 6. The Kier molecular flexibility index (Phi) is 6.73. The van der Waals surface area contributed by atoms with Gasteiger partial charge in [0, 0.05) is 23.7 Å². The van der Waals surface area contributed by atoms with E-state index in [0.29, 0.717) is 17.3 Å². The van der Waals surface area contributed by atoms with Crippen molar-refractivity contribution in [3.63, 3.8) is 0 Å². The molecule has 7 nitrogen and oxygen atoms in total. The van der Waals surface area contributed by atoms with Crippen LogP contribution in [-0.2, 0) is 19.1 Å². The van der Waals surface area contributed by atoms with Crippen molar-refractivity contribution in [3.05, 3.63) is 53.4 Å². The van der Waals surface area contributed by atoms with Gasteiger partial charge in [-0.05, 0) is 46.1 Å². The zero-order valence-electron chi connectivity index (χ0n) is 21.3. The summed E-state index contributed by atoms with van der Waals surface area (Å²) in [4.78, 5) is 40.0. The van der Waals surface area contributed by atoms with E-state index in [1.807, 2.05) is 6.08 Å². The first-order chi connectivity index (χ1) is 17.3. The van der Waals surface area contributed by atoms with E-state index in [0.717, 1.165) is 5.57 Å². The maximum atomic E-state index is 13.8. The molecule has 1 saturated heterocycles. The fraction of sp³-hybridized carbons (Fsp3) is 0.444. The highest BCUT2D eigenvalue weighted by Gasteiger charge is 2.48. The number of methoxy groups -OCH3 is 1. The number of esters is 1. The van der Waals surface area contributed by atoms with Crippen LogP contribution in [-0.4, -0.2) is 52.7 Å². The van der Waals surface area contributed by atoms with Gasteiger partial charge in [-0.3, -0.25) is 9.59 Å². The van der Waals surface area contributed by atoms with Gasteiger partial charge in [-0.15, -0.1) is 0 Å². The number of Topliss-reactive ketones (excluding diaryl/α,β-unsaturated/α-hetero) is 1. The number of halogens is 3. The van der Waals surface area contributed by atoms with Gasteiger partial charge in [-0.25, -0.2) is 9.36 Å². The van der Waals surface area contributed by atoms with Crippen LogP contribution in [0.1, 0.15) is 57.8 Å². The standard InChI is InChI=1S/C27H29F3N2O5/c1-6-15-13-31-14-18(24(34)27(28,29)30)22-17-9-7-8-10-19(17)32(25(35)37-26(2,3)4)23(22)20(31)11-16(15)12-21(33)36-5/h6-10,14,16,20H,11-13H2,1-5H3/b15-6+/t16-,20+/m1/s1. The minimum absolute atomic E-state index is 0.0609. The first kappa shape index (κ1) is 26.5. The molecule has 1 fully saturated rings. The molecule has 2 aromatic rings. The summed E-state index contributed by atoms with van der Waals surface area (Å²) in [7, 11) is 1.30. The van der Waals surface area contributed by atoms with E-state index >= 15 is 0 Å². The first-order valence-corrected chi connectivity index (χ1v) is 11.9. The Morgan fingerprint density at radius 1 is 1.14 bits per heavy atom. The molecule has 0 radical (unpaired) electrons. The van der Waals surface area contributed by atoms with Crippen molar-refractivity contribution >= 4 is 34.3 Å². The smallest absolute Gasteiger partial charge is 0.454 e. The van der Waals surface area contributed by atoms with Gasteiger partial charge in [-0.2, -0.15) is 13.2 Å². The van der Waals surface area contributed by atoms with E-state index in [4.69, 9.17) is 9.47 Å². The summed E-state index contributed by atoms with van der Waals surface area (Å²) < 4.78 is 53.1. The zero-order chi connectivity index (χ0) is 27.3. The van der Waals surface area contributed by atoms with Gasteiger partial charge >= 0.3 is 18.2 Å². The van der Waals surface area contributed by atoms with Crippen LogP contribution < -0.4 is 0 Å². The molecule has 37 heavy (non-hydrogen) atoms. The second kappa shape index (κ2) is 9.39. The number of carbonyl (C=O) groups excluding carboxylic acids is 3. The van der Waals surface area contributed by atoms with Gasteiger partial charge in [0.05, 0.1) is 36.4 Å². The Labute approximate surface area is 212 Å². The molecule has 1 aromatic heterocycles. The average Bonchev–Trinajstić information content (AvgIpc) is 3.16. The molecule has 2 aliphatic heterocycles. The topological polar surface area (TPSA) is 77.8 Å². The van der Waals surface area contributed by atoms with Crippen LogP contribution in [0.4, 0.5) is 18.0 Å². The highest BCUT2D eigenvalue weighted by atomic mass is 19.4. The Hall–Kier alpha value is -3.56. The summed E-state index contributed by atoms with van der Waals surface area (Å²) >= 11 is 0. The number of alkyl halides is 3. The lowest BCUT2D eigenvalue weighted by atomic mass is 9.79. The highest BCUT2D eigenvalue weighted by Crippen LogP contribution is 2.49. The molecule has 0 aliphatic carbocycles. The summed E-state index contributed by atoms with van der Waals surface area (Å²) in [6.45, 7) is 7.06. The second-order valence-corrected chi connectivity index (χ2v) is 10.2. The lowest BCUT2D eigenvalue weighted by Crippen LogP contribution is -2.41. The number of aromatic nitrogens is 1. The van der Waals surface area contributed by atoms with Crippen molar-refractivity contribution in [1.82, 2.24) is 9.47 Å². The van der Waals surface area contributed by atoms with Gasteiger partial charge in [0.25, 0.3) is 5.78 Å². The number of piperidine rings is 1. The largest absolute Gasteiger partial charge is 0.469 e. The average molecular weight is 519 g/mol. The Bertz CT molecular complexity index is 1330. The first-order valence-electron chi connectivity index (χ1n) is 11.9. The van der Waals surface area contributed by atoms with Crippen LogP contribution in [0.2, 0.25) is 0 Å². The van der Waals surface area contributed by atoms with Gasteiger partial charge in [0.1, 0.15) is 5.60 Å². The van der Waals surface area contributed by atoms with E-state index in [2.05, 4.69) is 0 Å². The Morgan fingerprint density at radius 3 is 2.41 bits per heavy atom. The van der Waals surface area contributed by atoms with Gasteiger partial charge in [-0.1, -0.05) is 29.8 Å². The molecule has 0 saturated carbocycles. The minimum atomic E-state index is -5.11. The van der Waals surface area contributed by atoms with E-state index < -0.39 is 41.2 Å². The van der Waals surface area contributed by atoms with Crippen LogP contribution >= 0.6 is 0 Å². The molecule has 2 aliphatic rings. The summed E-state index contributed by atoms with van der Waals surface area (Å²) in [5.41, 5.74) is 0.0776. The minimum Gasteiger partial charge on any atom is -0.469 e. The zero-order valence-corrected chi connectivity index (χ0v) is 21.3. The van der Waals surface area contributed by atoms with Crippen molar-refractivity contribution in [1.29, 1.82) is 0 Å². The van der Waals surface area contributed by atoms with Crippen LogP contribution in [0.5, 0.6) is 0 Å². The SMILES string of the molecule is C/C=C1\CN2C=C(C(=O)C(F)(F)F)c3c(n(C(=O)OC(C)(C)C)c4ccccc34)[C@@H]2C[C@@H]1CC(=O)OC. The van der Waals surface area contributed by atoms with E-state index in [9.17, 15) is 27.6 Å². The lowest BCUT2D eigenvalue weighted by molar-refractivity contribution is -0.164. The normalized spacial score (nSPS) is 20.8. The number of rotatable bonds is 3. The predicted molar refractivity (Wildman–Crippen MR) is 131 cm³/mol. The molecule has 0 amide bonds. The number of allylic oxidation sites excluding steroid dienone is 2. The number of para-hydroxylation sites is 1. The molecule has 1 aromatic carbocycles. The maximum Gasteiger partial charge on any atom is 0.454 e. The third-order valence-corrected chi connectivity index (χ3v) is 6.68. The number of hydrogen-bond donors (Lipinski definition) is 0. The lowest BCUT2D eigenvalue weighted by Gasteiger charge is -2.43. The molecule has 0 N–H and O–H groups in total. The molecule has 198 valence electrons. The molecule has 0 spiro atoms. The summed E-state index contributed by atoms with van der Waals surface area (Å²) in [5.74, 6) is -2.66. The molecule has 4 rings (SSSR count). The summed E-state index contributed by atoms with van der Waals surface area (Å²) in [5, 5.41) is 0.341. The second-order valence-electron chi connectivity index (χ2n) is 10.2. The predicted octanol–water partition coefficient (Wildman–Crippen LogP) is 5.78. The van der Waals surface area contributed by atoms with E-state index in [1.54, 1.807) is 56.9 Å². The number of ether oxygens (including phenoxy) is 2. The number of benzene rings is 1. The van der Waals surface area contributed by atoms with E-state index in [-0.39, 0.29) is 30.1 Å². The van der Waals surface area contributed by atoms with Crippen LogP contribution in [0.3, 0.4) is 0 Å². The molecule has 0 bridgehead atoms. The van der Waals surface area contributed by atoms with E-state index in [1.165, 1.54) is 17.9 Å². The van der Waals surface area contributed by atoms with Crippen LogP contribution in [0.15, 0.2) is 42.1 Å². The molecule has 0 unspecified atom stereocenters. The Balaban J connectivity index is 1.99. The molecule has 10 heteroatoms. The van der Waals surface area contributed by atoms with Crippen molar-refractivity contribution in [2.75, 3.05) is 13.7 Å². The van der Waals surface area contributed by atoms with Gasteiger partial charge < -0.3 is 14.4 Å². The fourth-order valence-corrected chi connectivity index (χ4v) is 5.15. The number of ketones is 1. The monoisotopic (exact) mass is 518 g/mol. The van der Waals surface area contributed by atoms with Crippen molar-refractivity contribution in [2.24, 2.45) is 5.92 Å². The molecule has 2 atom stereocenters. The maximum absolute atomic E-state index is 13.8. The number of nitrogens with zero attached hydrogens (tertiary/aromatic N) is 2. The van der Waals surface area contributed by atoms with Crippen LogP contribution in [0, 0.1) is 5.92 Å². The van der Waals surface area contributed by atoms with Crippen molar-refractivity contribution < 1.29 is 37.0 Å². The van der Waals surface area contributed by atoms with Crippen molar-refractivity contribution in [3.8, 4) is 0 Å². The third kappa shape index (κ3) is 4.89. The Morgan fingerprint density at radius 2 is 1.81 bits per heavy atom. The fourth-order valence-electron chi connectivity index (χ4n) is 5.15. The highest BCUT2D eigenvalue weighted by molar-refractivity contribution is 6.27. The number of fused-ring (bicyclic) bond motifs is 5. The van der Waals surface area contributed by atoms with Crippen molar-refractivity contribution in [2.45, 2.75) is 58.4 Å². The molecular formula is C27H29F3N2O5. The summed E-state index contributed by atoms with van der Waals surface area (Å²) in [6.07, 6.45) is -2.40. The third-order valence-electron chi connectivity index (χ3n) is 6.68. The number of carbonyl (C=O) groups is 3. The quantitative estimate of drug-likeness (QED) is 0.379. The van der Waals surface area contributed by atoms with Gasteiger partial charge in [0.15, 0.2) is 0 Å². The van der Waals surface area contributed by atoms with Gasteiger partial charge in [0.2, 0.25) is 0 Å². The molecule has 3 heterocycles. The molecular weight excluding hydrogens is 489 g/mol.